The van der Waals surface area contributed by atoms with Crippen LogP contribution in [0.3, 0.4) is 0 Å². The molecule has 0 unspecified atom stereocenters. The summed E-state index contributed by atoms with van der Waals surface area (Å²) in [6, 6.07) is 1.80. The van der Waals surface area contributed by atoms with Crippen LogP contribution in [0.5, 0.6) is 0 Å². The molecule has 0 atom stereocenters. The number of aryl methyl sites for hydroxylation is 1. The van der Waals surface area contributed by atoms with Crippen LogP contribution in [-0.4, -0.2) is 14.8 Å². The third-order valence-electron chi connectivity index (χ3n) is 2.19. The molecule has 0 N–H and O–H groups in total. The van der Waals surface area contributed by atoms with Gasteiger partial charge < -0.3 is 0 Å². The molecule has 0 spiro atoms. The average Bonchev–Trinajstić information content (AvgIpc) is 2.46. The van der Waals surface area contributed by atoms with Crippen molar-refractivity contribution in [3.8, 4) is 5.82 Å². The quantitative estimate of drug-likeness (QED) is 0.763. The maximum atomic E-state index is 5.85. The number of pyridine rings is 1. The number of aromatic nitrogens is 3. The Morgan fingerprint density at radius 2 is 2.00 bits per heavy atom. The van der Waals surface area contributed by atoms with Gasteiger partial charge in [0.2, 0.25) is 0 Å². The van der Waals surface area contributed by atoms with E-state index in [-0.39, 0.29) is 0 Å². The van der Waals surface area contributed by atoms with Crippen molar-refractivity contribution < 1.29 is 0 Å². The van der Waals surface area contributed by atoms with E-state index in [1.165, 1.54) is 0 Å². The maximum Gasteiger partial charge on any atom is 0.168 e. The van der Waals surface area contributed by atoms with Crippen LogP contribution in [0.1, 0.15) is 11.4 Å². The second-order valence-electron chi connectivity index (χ2n) is 3.36. The molecule has 2 aromatic rings. The molecule has 16 heavy (non-hydrogen) atoms. The van der Waals surface area contributed by atoms with E-state index < -0.39 is 0 Å². The first-order chi connectivity index (χ1) is 7.50. The van der Waals surface area contributed by atoms with Gasteiger partial charge in [-0.2, -0.15) is 5.10 Å². The summed E-state index contributed by atoms with van der Waals surface area (Å²) >= 11 is 12.8. The van der Waals surface area contributed by atoms with Gasteiger partial charge in [-0.1, -0.05) is 11.6 Å². The van der Waals surface area contributed by atoms with Gasteiger partial charge in [0.1, 0.15) is 0 Å². The molecule has 0 aliphatic rings. The van der Waals surface area contributed by atoms with Gasteiger partial charge in [-0.15, -0.1) is 0 Å². The Morgan fingerprint density at radius 1 is 1.31 bits per heavy atom. The summed E-state index contributed by atoms with van der Waals surface area (Å²) in [7, 11) is 0. The summed E-state index contributed by atoms with van der Waals surface area (Å²) in [5.74, 6) is 0.732. The first-order valence-electron chi connectivity index (χ1n) is 4.54. The van der Waals surface area contributed by atoms with Crippen LogP contribution in [0.4, 0.5) is 0 Å². The molecule has 0 bridgehead atoms. The molecule has 2 heterocycles. The van der Waals surface area contributed by atoms with E-state index in [1.54, 1.807) is 16.9 Å². The Bertz CT molecular complexity index is 551. The lowest BCUT2D eigenvalue weighted by Gasteiger charge is -2.05. The number of nitrogens with zero attached hydrogens (tertiary/aromatic N) is 3. The van der Waals surface area contributed by atoms with E-state index in [9.17, 15) is 0 Å². The predicted molar refractivity (Wildman–Crippen MR) is 71.2 cm³/mol. The summed E-state index contributed by atoms with van der Waals surface area (Å²) in [5, 5.41) is 5.00. The van der Waals surface area contributed by atoms with Gasteiger partial charge in [0.15, 0.2) is 5.82 Å². The number of hydrogen-bond acceptors (Lipinski definition) is 2. The minimum absolute atomic E-state index is 0.594. The highest BCUT2D eigenvalue weighted by Crippen LogP contribution is 2.27. The van der Waals surface area contributed by atoms with Crippen molar-refractivity contribution in [3.63, 3.8) is 0 Å². The summed E-state index contributed by atoms with van der Waals surface area (Å²) in [6.45, 7) is 3.92. The fourth-order valence-electron chi connectivity index (χ4n) is 1.39. The standard InChI is InChI=1S/C10H8Br2ClN3/c1-5-9(12)6(2)16(15-5)10-8(11)3-7(13)4-14-10/h3-4H,1-2H3. The van der Waals surface area contributed by atoms with E-state index in [2.05, 4.69) is 41.9 Å². The molecular weight excluding hydrogens is 357 g/mol. The van der Waals surface area contributed by atoms with Crippen molar-refractivity contribution in [1.29, 1.82) is 0 Å². The molecule has 0 aromatic carbocycles. The van der Waals surface area contributed by atoms with Crippen molar-refractivity contribution >= 4 is 43.5 Å². The molecule has 0 fully saturated rings. The minimum Gasteiger partial charge on any atom is -0.235 e. The SMILES string of the molecule is Cc1nn(-c2ncc(Cl)cc2Br)c(C)c1Br. The Balaban J connectivity index is 2.63. The third-order valence-corrected chi connectivity index (χ3v) is 4.13. The average molecular weight is 365 g/mol. The smallest absolute Gasteiger partial charge is 0.168 e. The van der Waals surface area contributed by atoms with Crippen LogP contribution in [0.15, 0.2) is 21.2 Å². The van der Waals surface area contributed by atoms with E-state index >= 15 is 0 Å². The zero-order chi connectivity index (χ0) is 11.9. The van der Waals surface area contributed by atoms with Crippen molar-refractivity contribution in [2.75, 3.05) is 0 Å². The largest absolute Gasteiger partial charge is 0.235 e. The van der Waals surface area contributed by atoms with Crippen LogP contribution < -0.4 is 0 Å². The first kappa shape index (κ1) is 12.1. The van der Waals surface area contributed by atoms with E-state index in [0.29, 0.717) is 5.02 Å². The van der Waals surface area contributed by atoms with Crippen LogP contribution in [-0.2, 0) is 0 Å². The summed E-state index contributed by atoms with van der Waals surface area (Å²) < 4.78 is 3.59. The second kappa shape index (κ2) is 4.47. The van der Waals surface area contributed by atoms with Gasteiger partial charge in [-0.05, 0) is 51.8 Å². The Hall–Kier alpha value is -0.390. The van der Waals surface area contributed by atoms with Gasteiger partial charge in [0.05, 0.1) is 25.4 Å². The Labute approximate surface area is 115 Å². The molecule has 0 saturated carbocycles. The number of halogens is 3. The molecule has 2 rings (SSSR count). The van der Waals surface area contributed by atoms with Crippen molar-refractivity contribution in [3.05, 3.63) is 37.6 Å². The summed E-state index contributed by atoms with van der Waals surface area (Å²) in [5.41, 5.74) is 1.94. The lowest BCUT2D eigenvalue weighted by Crippen LogP contribution is -2.02. The van der Waals surface area contributed by atoms with Gasteiger partial charge >= 0.3 is 0 Å². The Morgan fingerprint density at radius 3 is 2.50 bits per heavy atom. The highest BCUT2D eigenvalue weighted by Gasteiger charge is 2.13. The molecule has 0 aliphatic heterocycles. The van der Waals surface area contributed by atoms with E-state index in [4.69, 9.17) is 11.6 Å². The molecule has 0 amide bonds. The van der Waals surface area contributed by atoms with Crippen LogP contribution in [0.2, 0.25) is 5.02 Å². The maximum absolute atomic E-state index is 5.85. The number of hydrogen-bond donors (Lipinski definition) is 0. The summed E-state index contributed by atoms with van der Waals surface area (Å²) in [6.07, 6.45) is 1.60. The minimum atomic E-state index is 0.594. The van der Waals surface area contributed by atoms with Crippen LogP contribution in [0.25, 0.3) is 5.82 Å². The van der Waals surface area contributed by atoms with Gasteiger partial charge in [0, 0.05) is 6.20 Å². The fourth-order valence-corrected chi connectivity index (χ4v) is 2.45. The third kappa shape index (κ3) is 2.04. The fraction of sp³-hybridized carbons (Fsp3) is 0.200. The summed E-state index contributed by atoms with van der Waals surface area (Å²) in [4.78, 5) is 4.26. The molecule has 84 valence electrons. The van der Waals surface area contributed by atoms with Crippen molar-refractivity contribution in [2.45, 2.75) is 13.8 Å². The zero-order valence-corrected chi connectivity index (χ0v) is 12.6. The van der Waals surface area contributed by atoms with E-state index in [0.717, 1.165) is 26.2 Å². The first-order valence-corrected chi connectivity index (χ1v) is 6.50. The highest BCUT2D eigenvalue weighted by atomic mass is 79.9. The molecule has 6 heteroatoms. The van der Waals surface area contributed by atoms with Crippen LogP contribution >= 0.6 is 43.5 Å². The monoisotopic (exact) mass is 363 g/mol. The molecule has 0 aliphatic carbocycles. The van der Waals surface area contributed by atoms with Gasteiger partial charge in [0.25, 0.3) is 0 Å². The normalized spacial score (nSPS) is 10.8. The predicted octanol–water partition coefficient (Wildman–Crippen LogP) is 4.06. The van der Waals surface area contributed by atoms with Gasteiger partial charge in [-0.3, -0.25) is 0 Å². The highest BCUT2D eigenvalue weighted by molar-refractivity contribution is 9.11. The molecule has 0 saturated heterocycles. The lowest BCUT2D eigenvalue weighted by molar-refractivity contribution is 0.801. The molecule has 3 nitrogen and oxygen atoms in total. The van der Waals surface area contributed by atoms with Crippen molar-refractivity contribution in [1.82, 2.24) is 14.8 Å². The van der Waals surface area contributed by atoms with E-state index in [1.807, 2.05) is 13.8 Å². The topological polar surface area (TPSA) is 30.7 Å². The zero-order valence-electron chi connectivity index (χ0n) is 8.63. The lowest BCUT2D eigenvalue weighted by atomic mass is 10.4. The van der Waals surface area contributed by atoms with Gasteiger partial charge in [-0.25, -0.2) is 9.67 Å². The Kier molecular flexibility index (Phi) is 3.37. The molecule has 0 radical (unpaired) electrons. The molecular formula is C10H8Br2ClN3. The van der Waals surface area contributed by atoms with Crippen LogP contribution in [0, 0.1) is 13.8 Å². The molecule has 2 aromatic heterocycles. The second-order valence-corrected chi connectivity index (χ2v) is 5.44. The number of rotatable bonds is 1. The van der Waals surface area contributed by atoms with Crippen molar-refractivity contribution in [2.24, 2.45) is 0 Å².